The van der Waals surface area contributed by atoms with Gasteiger partial charge in [0.1, 0.15) is 5.60 Å². The van der Waals surface area contributed by atoms with Crippen LogP contribution < -0.4 is 0 Å². The second-order valence-corrected chi connectivity index (χ2v) is 7.62. The lowest BCUT2D eigenvalue weighted by Crippen LogP contribution is -2.46. The maximum Gasteiger partial charge on any atom is 0.416 e. The fraction of sp³-hybridized carbons (Fsp3) is 0.500. The number of hydrogen-bond acceptors (Lipinski definition) is 3. The molecule has 0 saturated carbocycles. The SMILES string of the molecule is C=C(CCc1cccc(C(F)(F)F)c1)C1=C(C)C(=O)OC12CCN(CC)CC2. The summed E-state index contributed by atoms with van der Waals surface area (Å²) in [6.07, 6.45) is -1.98. The Morgan fingerprint density at radius 1 is 1.29 bits per heavy atom. The predicted molar refractivity (Wildman–Crippen MR) is 102 cm³/mol. The second kappa shape index (κ2) is 7.74. The maximum absolute atomic E-state index is 12.9. The summed E-state index contributed by atoms with van der Waals surface area (Å²) in [6.45, 7) is 10.7. The van der Waals surface area contributed by atoms with E-state index in [4.69, 9.17) is 4.74 Å². The van der Waals surface area contributed by atoms with E-state index in [1.54, 1.807) is 13.0 Å². The van der Waals surface area contributed by atoms with Crippen LogP contribution in [0.4, 0.5) is 13.2 Å². The molecule has 152 valence electrons. The van der Waals surface area contributed by atoms with Gasteiger partial charge in [-0.15, -0.1) is 0 Å². The number of benzene rings is 1. The standard InChI is InChI=1S/C22H26F3NO2/c1-4-26-12-10-21(11-13-26)19(16(3)20(27)28-21)15(2)8-9-17-6-5-7-18(14-17)22(23,24)25/h5-7,14H,2,4,8-13H2,1,3H3. The molecule has 3 rings (SSSR count). The Hall–Kier alpha value is -2.08. The molecule has 1 fully saturated rings. The zero-order valence-corrected chi connectivity index (χ0v) is 16.4. The molecule has 2 heterocycles. The molecule has 1 aromatic rings. The van der Waals surface area contributed by atoms with Crippen molar-refractivity contribution < 1.29 is 22.7 Å². The van der Waals surface area contributed by atoms with Crippen molar-refractivity contribution in [1.82, 2.24) is 4.90 Å². The third-order valence-electron chi connectivity index (χ3n) is 5.86. The minimum absolute atomic E-state index is 0.305. The molecular weight excluding hydrogens is 367 g/mol. The van der Waals surface area contributed by atoms with E-state index in [0.717, 1.165) is 49.7 Å². The Morgan fingerprint density at radius 2 is 1.96 bits per heavy atom. The monoisotopic (exact) mass is 393 g/mol. The summed E-state index contributed by atoms with van der Waals surface area (Å²) in [5.74, 6) is -0.305. The van der Waals surface area contributed by atoms with Gasteiger partial charge in [0.05, 0.1) is 5.56 Å². The first-order chi connectivity index (χ1) is 13.2. The molecule has 1 saturated heterocycles. The van der Waals surface area contributed by atoms with Crippen molar-refractivity contribution in [3.05, 3.63) is 58.7 Å². The topological polar surface area (TPSA) is 29.5 Å². The number of likely N-dealkylation sites (tertiary alicyclic amines) is 1. The lowest BCUT2D eigenvalue weighted by atomic mass is 9.78. The molecular formula is C22H26F3NO2. The summed E-state index contributed by atoms with van der Waals surface area (Å²) in [5, 5.41) is 0. The third-order valence-corrected chi connectivity index (χ3v) is 5.86. The summed E-state index contributed by atoms with van der Waals surface area (Å²) in [4.78, 5) is 14.6. The summed E-state index contributed by atoms with van der Waals surface area (Å²) < 4.78 is 44.6. The van der Waals surface area contributed by atoms with Crippen molar-refractivity contribution >= 4 is 5.97 Å². The van der Waals surface area contributed by atoms with Crippen molar-refractivity contribution in [2.75, 3.05) is 19.6 Å². The van der Waals surface area contributed by atoms with Crippen LogP contribution in [0.2, 0.25) is 0 Å². The van der Waals surface area contributed by atoms with Gasteiger partial charge in [0.2, 0.25) is 0 Å². The molecule has 6 heteroatoms. The van der Waals surface area contributed by atoms with Gasteiger partial charge in [0.15, 0.2) is 0 Å². The van der Waals surface area contributed by atoms with E-state index in [1.807, 2.05) is 0 Å². The highest BCUT2D eigenvalue weighted by atomic mass is 19.4. The molecule has 0 bridgehead atoms. The number of halogens is 3. The first-order valence-electron chi connectivity index (χ1n) is 9.67. The van der Waals surface area contributed by atoms with E-state index in [2.05, 4.69) is 18.4 Å². The second-order valence-electron chi connectivity index (χ2n) is 7.62. The van der Waals surface area contributed by atoms with Crippen molar-refractivity contribution in [3.8, 4) is 0 Å². The zero-order chi connectivity index (χ0) is 20.5. The average Bonchev–Trinajstić information content (AvgIpc) is 2.90. The van der Waals surface area contributed by atoms with Crippen LogP contribution in [0.3, 0.4) is 0 Å². The molecule has 0 amide bonds. The smallest absolute Gasteiger partial charge is 0.416 e. The van der Waals surface area contributed by atoms with E-state index in [9.17, 15) is 18.0 Å². The van der Waals surface area contributed by atoms with Crippen LogP contribution >= 0.6 is 0 Å². The Labute approximate surface area is 163 Å². The van der Waals surface area contributed by atoms with Crippen LogP contribution in [-0.2, 0) is 22.1 Å². The Bertz CT molecular complexity index is 802. The highest BCUT2D eigenvalue weighted by Gasteiger charge is 2.48. The summed E-state index contributed by atoms with van der Waals surface area (Å²) in [5.41, 5.74) is 1.56. The fourth-order valence-corrected chi connectivity index (χ4v) is 4.24. The Kier molecular flexibility index (Phi) is 5.71. The lowest BCUT2D eigenvalue weighted by molar-refractivity contribution is -0.150. The lowest BCUT2D eigenvalue weighted by Gasteiger charge is -2.40. The number of piperidine rings is 1. The van der Waals surface area contributed by atoms with Gasteiger partial charge in [0, 0.05) is 37.1 Å². The van der Waals surface area contributed by atoms with Gasteiger partial charge in [0.25, 0.3) is 0 Å². The minimum atomic E-state index is -4.35. The summed E-state index contributed by atoms with van der Waals surface area (Å²) in [6, 6.07) is 5.37. The number of hydrogen-bond donors (Lipinski definition) is 0. The van der Waals surface area contributed by atoms with Gasteiger partial charge in [-0.25, -0.2) is 4.79 Å². The first-order valence-corrected chi connectivity index (χ1v) is 9.67. The molecule has 0 aromatic heterocycles. The highest BCUT2D eigenvalue weighted by molar-refractivity contribution is 5.93. The van der Waals surface area contributed by atoms with Gasteiger partial charge in [-0.2, -0.15) is 13.2 Å². The Morgan fingerprint density at radius 3 is 2.57 bits per heavy atom. The maximum atomic E-state index is 12.9. The van der Waals surface area contributed by atoms with E-state index in [0.29, 0.717) is 24.0 Å². The number of aryl methyl sites for hydroxylation is 1. The van der Waals surface area contributed by atoms with Crippen LogP contribution in [0.15, 0.2) is 47.6 Å². The van der Waals surface area contributed by atoms with Gasteiger partial charge in [-0.1, -0.05) is 31.7 Å². The quantitative estimate of drug-likeness (QED) is 0.665. The third kappa shape index (κ3) is 4.02. The van der Waals surface area contributed by atoms with Gasteiger partial charge >= 0.3 is 12.1 Å². The number of esters is 1. The molecule has 1 spiro atoms. The number of alkyl halides is 3. The van der Waals surface area contributed by atoms with Crippen LogP contribution in [0, 0.1) is 0 Å². The van der Waals surface area contributed by atoms with Crippen LogP contribution in [0.1, 0.15) is 44.2 Å². The zero-order valence-electron chi connectivity index (χ0n) is 16.4. The van der Waals surface area contributed by atoms with Crippen molar-refractivity contribution in [2.45, 2.75) is 51.3 Å². The molecule has 0 N–H and O–H groups in total. The van der Waals surface area contributed by atoms with Crippen molar-refractivity contribution in [1.29, 1.82) is 0 Å². The number of ether oxygens (including phenoxy) is 1. The number of rotatable bonds is 5. The minimum Gasteiger partial charge on any atom is -0.451 e. The van der Waals surface area contributed by atoms with Gasteiger partial charge in [-0.3, -0.25) is 0 Å². The molecule has 0 radical (unpaired) electrons. The molecule has 2 aliphatic rings. The fourth-order valence-electron chi connectivity index (χ4n) is 4.24. The van der Waals surface area contributed by atoms with Crippen molar-refractivity contribution in [2.24, 2.45) is 0 Å². The van der Waals surface area contributed by atoms with Crippen molar-refractivity contribution in [3.63, 3.8) is 0 Å². The van der Waals surface area contributed by atoms with E-state index in [1.165, 1.54) is 12.1 Å². The normalized spacial score (nSPS) is 20.0. The van der Waals surface area contributed by atoms with Gasteiger partial charge < -0.3 is 9.64 Å². The highest BCUT2D eigenvalue weighted by Crippen LogP contribution is 2.44. The number of carbonyl (C=O) groups excluding carboxylic acids is 1. The number of nitrogens with zero attached hydrogens (tertiary/aromatic N) is 1. The molecule has 3 nitrogen and oxygen atoms in total. The van der Waals surface area contributed by atoms with Crippen LogP contribution in [0.25, 0.3) is 0 Å². The molecule has 2 aliphatic heterocycles. The predicted octanol–water partition coefficient (Wildman–Crippen LogP) is 4.92. The van der Waals surface area contributed by atoms with E-state index in [-0.39, 0.29) is 5.97 Å². The molecule has 0 aliphatic carbocycles. The summed E-state index contributed by atoms with van der Waals surface area (Å²) in [7, 11) is 0. The first kappa shape index (κ1) is 20.6. The number of carbonyl (C=O) groups is 1. The van der Waals surface area contributed by atoms with Crippen LogP contribution in [0.5, 0.6) is 0 Å². The van der Waals surface area contributed by atoms with E-state index < -0.39 is 17.3 Å². The average molecular weight is 393 g/mol. The molecule has 28 heavy (non-hydrogen) atoms. The molecule has 0 atom stereocenters. The largest absolute Gasteiger partial charge is 0.451 e. The van der Waals surface area contributed by atoms with Crippen LogP contribution in [-0.4, -0.2) is 36.1 Å². The summed E-state index contributed by atoms with van der Waals surface area (Å²) >= 11 is 0. The van der Waals surface area contributed by atoms with E-state index >= 15 is 0 Å². The Balaban J connectivity index is 1.75. The molecule has 1 aromatic carbocycles. The van der Waals surface area contributed by atoms with Gasteiger partial charge in [-0.05, 0) is 43.5 Å². The molecule has 0 unspecified atom stereocenters.